The van der Waals surface area contributed by atoms with E-state index in [0.717, 1.165) is 34.2 Å². The molecule has 5 rings (SSSR count). The van der Waals surface area contributed by atoms with E-state index in [1.807, 2.05) is 54.9 Å². The van der Waals surface area contributed by atoms with Crippen LogP contribution in [0.5, 0.6) is 5.75 Å². The highest BCUT2D eigenvalue weighted by Crippen LogP contribution is 2.42. The number of nitrogens with one attached hydrogen (secondary N) is 1. The Morgan fingerprint density at radius 3 is 2.47 bits per heavy atom. The molecule has 4 heterocycles. The van der Waals surface area contributed by atoms with Crippen molar-refractivity contribution in [2.45, 2.75) is 32.5 Å². The van der Waals surface area contributed by atoms with Gasteiger partial charge in [-0.05, 0) is 74.1 Å². The van der Waals surface area contributed by atoms with Gasteiger partial charge >= 0.3 is 0 Å². The second kappa shape index (κ2) is 9.27. The Bertz CT molecular complexity index is 1310. The first-order chi connectivity index (χ1) is 16.6. The van der Waals surface area contributed by atoms with Crippen LogP contribution < -0.4 is 10.1 Å². The number of aromatic nitrogens is 3. The van der Waals surface area contributed by atoms with Gasteiger partial charge in [0, 0.05) is 35.5 Å². The summed E-state index contributed by atoms with van der Waals surface area (Å²) in [5.41, 5.74) is 6.52. The number of rotatable bonds is 6. The van der Waals surface area contributed by atoms with Crippen LogP contribution in [0.1, 0.15) is 40.4 Å². The molecular weight excluding hydrogens is 442 g/mol. The fourth-order valence-corrected chi connectivity index (χ4v) is 5.12. The van der Waals surface area contributed by atoms with E-state index >= 15 is 0 Å². The van der Waals surface area contributed by atoms with Gasteiger partial charge in [0.25, 0.3) is 0 Å². The highest BCUT2D eigenvalue weighted by molar-refractivity contribution is 7.80. The second-order valence-electron chi connectivity index (χ2n) is 8.44. The minimum Gasteiger partial charge on any atom is -0.497 e. The van der Waals surface area contributed by atoms with Crippen LogP contribution in [0.15, 0.2) is 79.1 Å². The maximum absolute atomic E-state index is 5.84. The van der Waals surface area contributed by atoms with E-state index in [9.17, 15) is 0 Å². The lowest BCUT2D eigenvalue weighted by molar-refractivity contribution is 0.307. The first-order valence-corrected chi connectivity index (χ1v) is 11.7. The maximum atomic E-state index is 5.84. The lowest BCUT2D eigenvalue weighted by atomic mass is 9.96. The van der Waals surface area contributed by atoms with E-state index in [1.54, 1.807) is 7.11 Å². The van der Waals surface area contributed by atoms with Gasteiger partial charge < -0.3 is 19.5 Å². The zero-order valence-electron chi connectivity index (χ0n) is 19.5. The smallest absolute Gasteiger partial charge is 0.170 e. The van der Waals surface area contributed by atoms with Crippen molar-refractivity contribution in [3.8, 4) is 11.4 Å². The van der Waals surface area contributed by atoms with Crippen LogP contribution in [0, 0.1) is 13.8 Å². The molecule has 0 saturated carbocycles. The first-order valence-electron chi connectivity index (χ1n) is 11.3. The molecule has 1 aliphatic heterocycles. The number of pyridine rings is 2. The number of hydrogen-bond acceptors (Lipinski definition) is 4. The van der Waals surface area contributed by atoms with Gasteiger partial charge in [0.05, 0.1) is 37.1 Å². The summed E-state index contributed by atoms with van der Waals surface area (Å²) >= 11 is 5.84. The van der Waals surface area contributed by atoms with Crippen LogP contribution >= 0.6 is 12.2 Å². The molecule has 0 spiro atoms. The Morgan fingerprint density at radius 2 is 1.76 bits per heavy atom. The molecular formula is C27H27N5OS. The zero-order chi connectivity index (χ0) is 23.7. The van der Waals surface area contributed by atoms with Gasteiger partial charge in [-0.2, -0.15) is 0 Å². The molecule has 34 heavy (non-hydrogen) atoms. The fraction of sp³-hybridized carbons (Fsp3) is 0.222. The number of thiocarbonyl (C=S) groups is 1. The third-order valence-electron chi connectivity index (χ3n) is 6.36. The lowest BCUT2D eigenvalue weighted by Gasteiger charge is -2.28. The highest BCUT2D eigenvalue weighted by Gasteiger charge is 2.41. The van der Waals surface area contributed by atoms with Gasteiger partial charge in [0.15, 0.2) is 5.11 Å². The summed E-state index contributed by atoms with van der Waals surface area (Å²) in [6, 6.07) is 22.3. The quantitative estimate of drug-likeness (QED) is 0.398. The summed E-state index contributed by atoms with van der Waals surface area (Å²) in [4.78, 5) is 11.4. The average Bonchev–Trinajstić information content (AvgIpc) is 3.35. The molecule has 1 saturated heterocycles. The molecule has 0 bridgehead atoms. The number of benzene rings is 1. The summed E-state index contributed by atoms with van der Waals surface area (Å²) < 4.78 is 7.74. The molecule has 172 valence electrons. The average molecular weight is 470 g/mol. The SMILES string of the molecule is COc1cccc(-n2c(C)cc([C@H]3[C@H](c4ccccn4)NC(=S)N3Cc3ccccn3)c2C)c1. The van der Waals surface area contributed by atoms with E-state index in [4.69, 9.17) is 17.0 Å². The normalized spacial score (nSPS) is 17.6. The van der Waals surface area contributed by atoms with E-state index in [-0.39, 0.29) is 12.1 Å². The van der Waals surface area contributed by atoms with Crippen LogP contribution in [-0.2, 0) is 6.54 Å². The molecule has 6 nitrogen and oxygen atoms in total. The number of aryl methyl sites for hydroxylation is 1. The van der Waals surface area contributed by atoms with Gasteiger partial charge in [-0.25, -0.2) is 0 Å². The lowest BCUT2D eigenvalue weighted by Crippen LogP contribution is -2.29. The summed E-state index contributed by atoms with van der Waals surface area (Å²) in [6.07, 6.45) is 3.65. The van der Waals surface area contributed by atoms with Crippen molar-refractivity contribution >= 4 is 17.3 Å². The van der Waals surface area contributed by atoms with Crippen molar-refractivity contribution in [1.29, 1.82) is 0 Å². The Morgan fingerprint density at radius 1 is 0.971 bits per heavy atom. The van der Waals surface area contributed by atoms with E-state index in [0.29, 0.717) is 11.7 Å². The minimum absolute atomic E-state index is 0.0324. The van der Waals surface area contributed by atoms with Crippen molar-refractivity contribution in [2.24, 2.45) is 0 Å². The molecule has 0 aliphatic carbocycles. The second-order valence-corrected chi connectivity index (χ2v) is 8.83. The third-order valence-corrected chi connectivity index (χ3v) is 6.71. The van der Waals surface area contributed by atoms with Gasteiger partial charge in [0.1, 0.15) is 5.75 Å². The minimum atomic E-state index is -0.0725. The molecule has 1 fully saturated rings. The van der Waals surface area contributed by atoms with Crippen LogP contribution in [0.4, 0.5) is 0 Å². The topological polar surface area (TPSA) is 55.2 Å². The Labute approximate surface area is 205 Å². The van der Waals surface area contributed by atoms with E-state index in [1.165, 1.54) is 5.56 Å². The van der Waals surface area contributed by atoms with Crippen molar-refractivity contribution in [3.05, 3.63) is 107 Å². The van der Waals surface area contributed by atoms with E-state index in [2.05, 4.69) is 62.9 Å². The Balaban J connectivity index is 1.62. The largest absolute Gasteiger partial charge is 0.497 e. The molecule has 1 N–H and O–H groups in total. The number of nitrogens with zero attached hydrogens (tertiary/aromatic N) is 4. The summed E-state index contributed by atoms with van der Waals surface area (Å²) in [5.74, 6) is 0.832. The Kier molecular flexibility index (Phi) is 6.02. The van der Waals surface area contributed by atoms with Crippen LogP contribution in [0.3, 0.4) is 0 Å². The summed E-state index contributed by atoms with van der Waals surface area (Å²) in [6.45, 7) is 4.91. The van der Waals surface area contributed by atoms with Crippen molar-refractivity contribution in [3.63, 3.8) is 0 Å². The van der Waals surface area contributed by atoms with Crippen molar-refractivity contribution in [2.75, 3.05) is 7.11 Å². The molecule has 1 aliphatic rings. The number of methoxy groups -OCH3 is 1. The van der Waals surface area contributed by atoms with Crippen LogP contribution in [0.25, 0.3) is 5.69 Å². The first kappa shape index (κ1) is 22.1. The molecule has 1 aromatic carbocycles. The molecule has 7 heteroatoms. The predicted molar refractivity (Wildman–Crippen MR) is 137 cm³/mol. The number of hydrogen-bond donors (Lipinski definition) is 1. The van der Waals surface area contributed by atoms with Crippen molar-refractivity contribution in [1.82, 2.24) is 24.8 Å². The van der Waals surface area contributed by atoms with Gasteiger partial charge in [-0.3, -0.25) is 9.97 Å². The number of ether oxygens (including phenoxy) is 1. The maximum Gasteiger partial charge on any atom is 0.170 e. The third kappa shape index (κ3) is 4.03. The van der Waals surface area contributed by atoms with Crippen molar-refractivity contribution < 1.29 is 4.74 Å². The molecule has 2 atom stereocenters. The molecule has 3 aromatic heterocycles. The highest BCUT2D eigenvalue weighted by atomic mass is 32.1. The summed E-state index contributed by atoms with van der Waals surface area (Å²) in [5, 5.41) is 4.25. The fourth-order valence-electron chi connectivity index (χ4n) is 4.81. The standard InChI is InChI=1S/C27H27N5OS/c1-18-15-23(19(2)32(18)21-10-8-11-22(16-21)33-3)26-25(24-12-5-7-14-29-24)30-27(34)31(26)17-20-9-4-6-13-28-20/h4-16,25-26H,17H2,1-3H3,(H,30,34)/t25-,26-/m0/s1. The van der Waals surface area contributed by atoms with E-state index < -0.39 is 0 Å². The molecule has 0 unspecified atom stereocenters. The zero-order valence-corrected chi connectivity index (χ0v) is 20.3. The molecule has 4 aromatic rings. The predicted octanol–water partition coefficient (Wildman–Crippen LogP) is 5.07. The molecule has 0 radical (unpaired) electrons. The van der Waals surface area contributed by atoms with Crippen LogP contribution in [-0.4, -0.2) is 31.7 Å². The monoisotopic (exact) mass is 469 g/mol. The summed E-state index contributed by atoms with van der Waals surface area (Å²) in [7, 11) is 1.69. The van der Waals surface area contributed by atoms with Crippen LogP contribution in [0.2, 0.25) is 0 Å². The Hall–Kier alpha value is -3.71. The molecule has 0 amide bonds. The van der Waals surface area contributed by atoms with Gasteiger partial charge in [-0.1, -0.05) is 18.2 Å². The van der Waals surface area contributed by atoms with Gasteiger partial charge in [0.2, 0.25) is 0 Å². The van der Waals surface area contributed by atoms with Gasteiger partial charge in [-0.15, -0.1) is 0 Å².